The molecule has 0 unspecified atom stereocenters. The molecule has 0 aromatic heterocycles. The number of ether oxygens (including phenoxy) is 3. The van der Waals surface area contributed by atoms with Crippen molar-refractivity contribution in [1.82, 2.24) is 10.2 Å². The molecule has 1 N–H and O–H groups in total. The van der Waals surface area contributed by atoms with Crippen molar-refractivity contribution in [1.29, 1.82) is 0 Å². The first kappa shape index (κ1) is 26.6. The Morgan fingerprint density at radius 2 is 1.62 bits per heavy atom. The van der Waals surface area contributed by atoms with Gasteiger partial charge in [-0.3, -0.25) is 9.59 Å². The van der Waals surface area contributed by atoms with Crippen molar-refractivity contribution >= 4 is 11.8 Å². The van der Waals surface area contributed by atoms with Crippen LogP contribution in [0.4, 0.5) is 0 Å². The van der Waals surface area contributed by atoms with Crippen molar-refractivity contribution in [3.63, 3.8) is 0 Å². The second-order valence-corrected chi connectivity index (χ2v) is 10.1. The predicted molar refractivity (Wildman–Crippen MR) is 150 cm³/mol. The third kappa shape index (κ3) is 4.82. The molecule has 0 bridgehead atoms. The van der Waals surface area contributed by atoms with Gasteiger partial charge in [0.1, 0.15) is 0 Å². The van der Waals surface area contributed by atoms with Gasteiger partial charge in [-0.2, -0.15) is 0 Å². The Bertz CT molecular complexity index is 1350. The molecule has 2 amide bonds. The average Bonchev–Trinajstić information content (AvgIpc) is 2.97. The fraction of sp³-hybridized carbons (Fsp3) is 0.375. The van der Waals surface area contributed by atoms with E-state index in [0.717, 1.165) is 36.8 Å². The molecule has 7 nitrogen and oxygen atoms in total. The highest BCUT2D eigenvalue weighted by molar-refractivity contribution is 6.01. The third-order valence-electron chi connectivity index (χ3n) is 7.90. The third-order valence-corrected chi connectivity index (χ3v) is 7.90. The minimum atomic E-state index is -0.623. The fourth-order valence-corrected chi connectivity index (χ4v) is 6.17. The van der Waals surface area contributed by atoms with Crippen LogP contribution in [0.5, 0.6) is 17.2 Å². The summed E-state index contributed by atoms with van der Waals surface area (Å²) in [7, 11) is 4.69. The molecule has 0 radical (unpaired) electrons. The van der Waals surface area contributed by atoms with Crippen LogP contribution in [0, 0.1) is 0 Å². The molecule has 0 saturated carbocycles. The number of hydrogen-bond donors (Lipinski definition) is 1. The van der Waals surface area contributed by atoms with E-state index in [1.165, 1.54) is 11.1 Å². The lowest BCUT2D eigenvalue weighted by atomic mass is 9.78. The highest BCUT2D eigenvalue weighted by atomic mass is 16.5. The number of fused-ring (bicyclic) bond motifs is 2. The lowest BCUT2D eigenvalue weighted by Gasteiger charge is -2.42. The number of nitrogens with one attached hydrogen (secondary N) is 1. The van der Waals surface area contributed by atoms with E-state index < -0.39 is 12.0 Å². The van der Waals surface area contributed by atoms with Crippen LogP contribution in [0.15, 0.2) is 60.7 Å². The molecule has 0 fully saturated rings. The Balaban J connectivity index is 1.64. The van der Waals surface area contributed by atoms with Crippen LogP contribution in [0.3, 0.4) is 0 Å². The first-order valence-corrected chi connectivity index (χ1v) is 13.6. The lowest BCUT2D eigenvalue weighted by molar-refractivity contribution is -0.125. The van der Waals surface area contributed by atoms with Crippen molar-refractivity contribution in [3.8, 4) is 17.2 Å². The Hall–Kier alpha value is -4.00. The molecular formula is C32H36N2O5. The summed E-state index contributed by atoms with van der Waals surface area (Å²) in [6.45, 7) is 2.54. The predicted octanol–water partition coefficient (Wildman–Crippen LogP) is 5.60. The quantitative estimate of drug-likeness (QED) is 0.412. The molecule has 0 spiro atoms. The Morgan fingerprint density at radius 3 is 2.28 bits per heavy atom. The van der Waals surface area contributed by atoms with Crippen LogP contribution in [0.25, 0.3) is 0 Å². The number of carbonyl (C=O) groups is 2. The second-order valence-electron chi connectivity index (χ2n) is 10.1. The van der Waals surface area contributed by atoms with Gasteiger partial charge in [0.15, 0.2) is 11.5 Å². The SMILES string of the molecule is CCCN1C(=O)c2ccccc2[C@H](C(=O)N[C@@H]2CCCc3ccccc32)[C@H]1c1cc(OC)c(OC)c(OC)c1. The van der Waals surface area contributed by atoms with Crippen molar-refractivity contribution in [3.05, 3.63) is 88.5 Å². The van der Waals surface area contributed by atoms with Crippen molar-refractivity contribution in [2.75, 3.05) is 27.9 Å². The molecular weight excluding hydrogens is 492 g/mol. The molecule has 3 atom stereocenters. The first-order valence-electron chi connectivity index (χ1n) is 13.6. The normalized spacial score (nSPS) is 20.1. The summed E-state index contributed by atoms with van der Waals surface area (Å²) in [6.07, 6.45) is 3.66. The summed E-state index contributed by atoms with van der Waals surface area (Å²) in [5, 5.41) is 3.38. The van der Waals surface area contributed by atoms with Crippen LogP contribution in [0.2, 0.25) is 0 Å². The number of aryl methyl sites for hydroxylation is 1. The number of rotatable bonds is 8. The largest absolute Gasteiger partial charge is 0.493 e. The molecule has 204 valence electrons. The van der Waals surface area contributed by atoms with Gasteiger partial charge in [-0.1, -0.05) is 49.4 Å². The van der Waals surface area contributed by atoms with Gasteiger partial charge >= 0.3 is 0 Å². The average molecular weight is 529 g/mol. The van der Waals surface area contributed by atoms with Crippen LogP contribution >= 0.6 is 0 Å². The van der Waals surface area contributed by atoms with Crippen LogP contribution in [0.1, 0.15) is 76.8 Å². The van der Waals surface area contributed by atoms with Gasteiger partial charge in [0, 0.05) is 12.1 Å². The van der Waals surface area contributed by atoms with E-state index in [9.17, 15) is 9.59 Å². The fourth-order valence-electron chi connectivity index (χ4n) is 6.17. The number of nitrogens with zero attached hydrogens (tertiary/aromatic N) is 1. The minimum Gasteiger partial charge on any atom is -0.493 e. The topological polar surface area (TPSA) is 77.1 Å². The summed E-state index contributed by atoms with van der Waals surface area (Å²) in [5.41, 5.74) is 4.51. The highest BCUT2D eigenvalue weighted by Crippen LogP contribution is 2.48. The van der Waals surface area contributed by atoms with E-state index in [1.54, 1.807) is 21.3 Å². The van der Waals surface area contributed by atoms with E-state index in [-0.39, 0.29) is 17.9 Å². The van der Waals surface area contributed by atoms with Gasteiger partial charge in [-0.25, -0.2) is 0 Å². The molecule has 2 aliphatic rings. The van der Waals surface area contributed by atoms with Crippen molar-refractivity contribution < 1.29 is 23.8 Å². The highest BCUT2D eigenvalue weighted by Gasteiger charge is 2.45. The summed E-state index contributed by atoms with van der Waals surface area (Å²) in [5.74, 6) is 0.621. The van der Waals surface area contributed by atoms with Crippen molar-refractivity contribution in [2.45, 2.75) is 50.6 Å². The molecule has 3 aromatic carbocycles. The zero-order valence-electron chi connectivity index (χ0n) is 23.0. The smallest absolute Gasteiger partial charge is 0.254 e. The lowest BCUT2D eigenvalue weighted by Crippen LogP contribution is -2.48. The van der Waals surface area contributed by atoms with E-state index in [1.807, 2.05) is 54.3 Å². The maximum Gasteiger partial charge on any atom is 0.254 e. The van der Waals surface area contributed by atoms with Gasteiger partial charge in [-0.05, 0) is 66.1 Å². The van der Waals surface area contributed by atoms with Gasteiger partial charge in [0.25, 0.3) is 5.91 Å². The van der Waals surface area contributed by atoms with Gasteiger partial charge in [-0.15, -0.1) is 0 Å². The van der Waals surface area contributed by atoms with E-state index in [2.05, 4.69) is 23.5 Å². The molecule has 1 aliphatic carbocycles. The Kier molecular flexibility index (Phi) is 7.77. The summed E-state index contributed by atoms with van der Waals surface area (Å²) in [4.78, 5) is 30.0. The zero-order chi connectivity index (χ0) is 27.5. The summed E-state index contributed by atoms with van der Waals surface area (Å²) in [6, 6.07) is 18.9. The standard InChI is InChI=1S/C32H36N2O5/c1-5-17-34-29(21-18-26(37-2)30(39-4)27(19-21)38-3)28(23-14-8-9-15-24(23)32(34)36)31(35)33-25-16-10-12-20-11-6-7-13-22(20)25/h6-9,11,13-15,18-19,25,28-29H,5,10,12,16-17H2,1-4H3,(H,33,35)/t25-,28+,29-/m1/s1. The molecule has 3 aromatic rings. The maximum atomic E-state index is 14.4. The number of methoxy groups -OCH3 is 3. The molecule has 1 heterocycles. The second kappa shape index (κ2) is 11.4. The molecule has 5 rings (SSSR count). The monoisotopic (exact) mass is 528 g/mol. The van der Waals surface area contributed by atoms with Gasteiger partial charge in [0.2, 0.25) is 11.7 Å². The van der Waals surface area contributed by atoms with Crippen LogP contribution in [-0.4, -0.2) is 44.6 Å². The molecule has 7 heteroatoms. The van der Waals surface area contributed by atoms with E-state index >= 15 is 0 Å². The number of hydrogen-bond acceptors (Lipinski definition) is 5. The van der Waals surface area contributed by atoms with Crippen LogP contribution in [-0.2, 0) is 11.2 Å². The number of amides is 2. The number of benzene rings is 3. The zero-order valence-corrected chi connectivity index (χ0v) is 23.0. The minimum absolute atomic E-state index is 0.0764. The van der Waals surface area contributed by atoms with E-state index in [0.29, 0.717) is 29.4 Å². The molecule has 0 saturated heterocycles. The molecule has 1 aliphatic heterocycles. The van der Waals surface area contributed by atoms with Crippen LogP contribution < -0.4 is 19.5 Å². The summed E-state index contributed by atoms with van der Waals surface area (Å²) < 4.78 is 16.8. The summed E-state index contributed by atoms with van der Waals surface area (Å²) >= 11 is 0. The van der Waals surface area contributed by atoms with Gasteiger partial charge in [0.05, 0.1) is 39.3 Å². The maximum absolute atomic E-state index is 14.4. The van der Waals surface area contributed by atoms with Crippen molar-refractivity contribution in [2.24, 2.45) is 0 Å². The Morgan fingerprint density at radius 1 is 0.949 bits per heavy atom. The van der Waals surface area contributed by atoms with Gasteiger partial charge < -0.3 is 24.4 Å². The number of carbonyl (C=O) groups excluding carboxylic acids is 2. The Labute approximate surface area is 230 Å². The first-order chi connectivity index (χ1) is 19.0. The molecule has 39 heavy (non-hydrogen) atoms. The van der Waals surface area contributed by atoms with E-state index in [4.69, 9.17) is 14.2 Å².